The third-order valence-corrected chi connectivity index (χ3v) is 3.31. The van der Waals surface area contributed by atoms with Crippen LogP contribution in [0.25, 0.3) is 11.1 Å². The highest BCUT2D eigenvalue weighted by Gasteiger charge is 2.02. The monoisotopic (exact) mass is 263 g/mol. The van der Waals surface area contributed by atoms with Crippen LogP contribution in [0.1, 0.15) is 11.1 Å². The molecule has 20 heavy (non-hydrogen) atoms. The maximum atomic E-state index is 5.67. The van der Waals surface area contributed by atoms with Crippen LogP contribution < -0.4 is 5.73 Å². The molecule has 2 aromatic carbocycles. The summed E-state index contributed by atoms with van der Waals surface area (Å²) in [6.07, 6.45) is 3.98. The molecule has 3 nitrogen and oxygen atoms in total. The standard InChI is InChI=1S/C17H17N3/c18-10-14-5-4-6-15(9-14)12-20-13-17(11-19-20)16-7-2-1-3-8-16/h1-9,11,13H,10,12,18H2. The van der Waals surface area contributed by atoms with Gasteiger partial charge in [0.25, 0.3) is 0 Å². The predicted octanol–water partition coefficient (Wildman–Crippen LogP) is 3.06. The Hall–Kier alpha value is -2.39. The van der Waals surface area contributed by atoms with Gasteiger partial charge in [-0.15, -0.1) is 0 Å². The minimum Gasteiger partial charge on any atom is -0.326 e. The molecule has 2 N–H and O–H groups in total. The first kappa shape index (κ1) is 12.6. The molecular weight excluding hydrogens is 246 g/mol. The lowest BCUT2D eigenvalue weighted by Crippen LogP contribution is -2.02. The number of nitrogens with two attached hydrogens (primary N) is 1. The summed E-state index contributed by atoms with van der Waals surface area (Å²) in [7, 11) is 0. The van der Waals surface area contributed by atoms with Crippen LogP contribution in [0.4, 0.5) is 0 Å². The van der Waals surface area contributed by atoms with Gasteiger partial charge in [0.2, 0.25) is 0 Å². The van der Waals surface area contributed by atoms with Crippen LogP contribution in [0.2, 0.25) is 0 Å². The largest absolute Gasteiger partial charge is 0.326 e. The van der Waals surface area contributed by atoms with Gasteiger partial charge in [-0.3, -0.25) is 4.68 Å². The topological polar surface area (TPSA) is 43.8 Å². The summed E-state index contributed by atoms with van der Waals surface area (Å²) < 4.78 is 1.96. The molecular formula is C17H17N3. The van der Waals surface area contributed by atoms with E-state index in [2.05, 4.69) is 35.6 Å². The lowest BCUT2D eigenvalue weighted by atomic mass is 10.1. The highest BCUT2D eigenvalue weighted by molar-refractivity contribution is 5.61. The van der Waals surface area contributed by atoms with Crippen molar-refractivity contribution in [3.8, 4) is 11.1 Å². The highest BCUT2D eigenvalue weighted by atomic mass is 15.3. The van der Waals surface area contributed by atoms with E-state index in [4.69, 9.17) is 5.73 Å². The first-order valence-corrected chi connectivity index (χ1v) is 6.71. The predicted molar refractivity (Wildman–Crippen MR) is 81.1 cm³/mol. The van der Waals surface area contributed by atoms with Crippen molar-refractivity contribution in [3.05, 3.63) is 78.1 Å². The number of rotatable bonds is 4. The molecule has 0 spiro atoms. The minimum absolute atomic E-state index is 0.572. The average molecular weight is 263 g/mol. The summed E-state index contributed by atoms with van der Waals surface area (Å²) >= 11 is 0. The SMILES string of the molecule is NCc1cccc(Cn2cc(-c3ccccc3)cn2)c1. The Morgan fingerprint density at radius 1 is 0.900 bits per heavy atom. The Labute approximate surface area is 118 Å². The second kappa shape index (κ2) is 5.72. The molecule has 0 unspecified atom stereocenters. The van der Waals surface area contributed by atoms with Crippen molar-refractivity contribution in [1.82, 2.24) is 9.78 Å². The van der Waals surface area contributed by atoms with Gasteiger partial charge in [0.15, 0.2) is 0 Å². The van der Waals surface area contributed by atoms with E-state index < -0.39 is 0 Å². The van der Waals surface area contributed by atoms with E-state index in [0.717, 1.165) is 17.7 Å². The van der Waals surface area contributed by atoms with E-state index in [9.17, 15) is 0 Å². The van der Waals surface area contributed by atoms with E-state index in [1.54, 1.807) is 0 Å². The Balaban J connectivity index is 1.80. The molecule has 0 atom stereocenters. The normalized spacial score (nSPS) is 10.7. The average Bonchev–Trinajstić information content (AvgIpc) is 2.97. The highest BCUT2D eigenvalue weighted by Crippen LogP contribution is 2.18. The maximum absolute atomic E-state index is 5.67. The Kier molecular flexibility index (Phi) is 3.61. The van der Waals surface area contributed by atoms with Crippen molar-refractivity contribution in [2.24, 2.45) is 5.73 Å². The molecule has 0 aliphatic heterocycles. The summed E-state index contributed by atoms with van der Waals surface area (Å²) in [5, 5.41) is 4.43. The van der Waals surface area contributed by atoms with Gasteiger partial charge in [-0.25, -0.2) is 0 Å². The molecule has 0 amide bonds. The van der Waals surface area contributed by atoms with Gasteiger partial charge in [0.1, 0.15) is 0 Å². The van der Waals surface area contributed by atoms with Crippen LogP contribution in [-0.2, 0) is 13.1 Å². The summed E-state index contributed by atoms with van der Waals surface area (Å²) in [6, 6.07) is 18.6. The number of hydrogen-bond donors (Lipinski definition) is 1. The molecule has 3 heteroatoms. The zero-order valence-electron chi connectivity index (χ0n) is 11.2. The third-order valence-electron chi connectivity index (χ3n) is 3.31. The second-order valence-electron chi connectivity index (χ2n) is 4.82. The van der Waals surface area contributed by atoms with Gasteiger partial charge in [-0.1, -0.05) is 54.6 Å². The van der Waals surface area contributed by atoms with Crippen molar-refractivity contribution in [2.45, 2.75) is 13.1 Å². The fourth-order valence-electron chi connectivity index (χ4n) is 2.27. The number of benzene rings is 2. The molecule has 1 heterocycles. The van der Waals surface area contributed by atoms with Crippen LogP contribution >= 0.6 is 0 Å². The second-order valence-corrected chi connectivity index (χ2v) is 4.82. The van der Waals surface area contributed by atoms with Crippen molar-refractivity contribution < 1.29 is 0 Å². The number of nitrogens with zero attached hydrogens (tertiary/aromatic N) is 2. The zero-order chi connectivity index (χ0) is 13.8. The quantitative estimate of drug-likeness (QED) is 0.786. The molecule has 0 saturated carbocycles. The van der Waals surface area contributed by atoms with Gasteiger partial charge in [-0.05, 0) is 16.7 Å². The Morgan fingerprint density at radius 2 is 1.70 bits per heavy atom. The molecule has 3 aromatic rings. The van der Waals surface area contributed by atoms with Crippen molar-refractivity contribution >= 4 is 0 Å². The summed E-state index contributed by atoms with van der Waals surface area (Å²) in [5.41, 5.74) is 10.4. The number of hydrogen-bond acceptors (Lipinski definition) is 2. The first-order chi connectivity index (χ1) is 9.85. The van der Waals surface area contributed by atoms with E-state index in [1.807, 2.05) is 41.2 Å². The summed E-state index contributed by atoms with van der Waals surface area (Å²) in [6.45, 7) is 1.34. The van der Waals surface area contributed by atoms with Gasteiger partial charge < -0.3 is 5.73 Å². The van der Waals surface area contributed by atoms with Crippen LogP contribution in [0, 0.1) is 0 Å². The van der Waals surface area contributed by atoms with Crippen molar-refractivity contribution in [1.29, 1.82) is 0 Å². The Morgan fingerprint density at radius 3 is 2.50 bits per heavy atom. The minimum atomic E-state index is 0.572. The zero-order valence-corrected chi connectivity index (χ0v) is 11.2. The third kappa shape index (κ3) is 2.78. The molecule has 0 bridgehead atoms. The van der Waals surface area contributed by atoms with E-state index >= 15 is 0 Å². The van der Waals surface area contributed by atoms with Gasteiger partial charge in [0, 0.05) is 18.3 Å². The van der Waals surface area contributed by atoms with E-state index in [0.29, 0.717) is 6.54 Å². The summed E-state index contributed by atoms with van der Waals surface area (Å²) in [4.78, 5) is 0. The van der Waals surface area contributed by atoms with E-state index in [1.165, 1.54) is 11.1 Å². The van der Waals surface area contributed by atoms with Crippen LogP contribution in [0.3, 0.4) is 0 Å². The van der Waals surface area contributed by atoms with Gasteiger partial charge in [-0.2, -0.15) is 5.10 Å². The van der Waals surface area contributed by atoms with Crippen LogP contribution in [0.15, 0.2) is 67.0 Å². The van der Waals surface area contributed by atoms with Gasteiger partial charge in [0.05, 0.1) is 12.7 Å². The molecule has 3 rings (SSSR count). The first-order valence-electron chi connectivity index (χ1n) is 6.71. The summed E-state index contributed by atoms with van der Waals surface area (Å²) in [5.74, 6) is 0. The molecule has 0 fully saturated rings. The molecule has 0 radical (unpaired) electrons. The fraction of sp³-hybridized carbons (Fsp3) is 0.118. The molecule has 0 aliphatic rings. The number of aromatic nitrogens is 2. The molecule has 0 saturated heterocycles. The van der Waals surface area contributed by atoms with Crippen molar-refractivity contribution in [2.75, 3.05) is 0 Å². The lowest BCUT2D eigenvalue weighted by Gasteiger charge is -2.04. The smallest absolute Gasteiger partial charge is 0.0659 e. The lowest BCUT2D eigenvalue weighted by molar-refractivity contribution is 0.686. The van der Waals surface area contributed by atoms with Crippen LogP contribution in [-0.4, -0.2) is 9.78 Å². The molecule has 1 aromatic heterocycles. The van der Waals surface area contributed by atoms with Crippen LogP contribution in [0.5, 0.6) is 0 Å². The molecule has 0 aliphatic carbocycles. The van der Waals surface area contributed by atoms with E-state index in [-0.39, 0.29) is 0 Å². The Bertz CT molecular complexity index is 686. The van der Waals surface area contributed by atoms with Crippen molar-refractivity contribution in [3.63, 3.8) is 0 Å². The maximum Gasteiger partial charge on any atom is 0.0659 e. The molecule has 100 valence electrons. The fourth-order valence-corrected chi connectivity index (χ4v) is 2.27. The van der Waals surface area contributed by atoms with Gasteiger partial charge >= 0.3 is 0 Å².